The molecule has 3 nitrogen and oxygen atoms in total. The van der Waals surface area contributed by atoms with Gasteiger partial charge in [-0.05, 0) is 55.2 Å². The molecule has 0 N–H and O–H groups in total. The maximum atomic E-state index is 5.97. The zero-order valence-corrected chi connectivity index (χ0v) is 19.4. The maximum Gasteiger partial charge on any atom is 0.137 e. The van der Waals surface area contributed by atoms with E-state index in [0.29, 0.717) is 5.92 Å². The van der Waals surface area contributed by atoms with Crippen LogP contribution in [0.25, 0.3) is 11.3 Å². The molecule has 0 saturated heterocycles. The van der Waals surface area contributed by atoms with Gasteiger partial charge in [0.25, 0.3) is 0 Å². The zero-order valence-electron chi connectivity index (χ0n) is 19.4. The molecule has 2 rings (SSSR count). The minimum Gasteiger partial charge on any atom is -0.493 e. The first kappa shape index (κ1) is 24.2. The quantitative estimate of drug-likeness (QED) is 0.262. The monoisotopic (exact) mass is 411 g/mol. The second kappa shape index (κ2) is 14.9. The largest absolute Gasteiger partial charge is 0.493 e. The van der Waals surface area contributed by atoms with Gasteiger partial charge >= 0.3 is 0 Å². The fraction of sp³-hybridized carbons (Fsp3) is 0.593. The van der Waals surface area contributed by atoms with Crippen LogP contribution >= 0.6 is 0 Å². The number of rotatable bonds is 16. The lowest BCUT2D eigenvalue weighted by Crippen LogP contribution is -2.08. The lowest BCUT2D eigenvalue weighted by molar-refractivity contribution is 0.249. The predicted molar refractivity (Wildman–Crippen MR) is 127 cm³/mol. The minimum atomic E-state index is 0.599. The van der Waals surface area contributed by atoms with Crippen LogP contribution in [0.3, 0.4) is 0 Å². The SMILES string of the molecule is CCCCCCCOc1ccc(-c2ccc(OCC(C)CCCCCC)cc2)nc1. The zero-order chi connectivity index (χ0) is 21.4. The molecule has 166 valence electrons. The highest BCUT2D eigenvalue weighted by Gasteiger charge is 2.05. The van der Waals surface area contributed by atoms with Crippen molar-refractivity contribution >= 4 is 0 Å². The standard InChI is InChI=1S/C27H41NO2/c1-4-6-8-10-12-20-29-26-18-19-27(28-21-26)24-14-16-25(17-15-24)30-22-23(3)13-11-9-7-5-2/h14-19,21,23H,4-13,20,22H2,1-3H3. The number of nitrogens with zero attached hydrogens (tertiary/aromatic N) is 1. The molecule has 2 aromatic rings. The summed E-state index contributed by atoms with van der Waals surface area (Å²) in [6, 6.07) is 12.3. The smallest absolute Gasteiger partial charge is 0.137 e. The van der Waals surface area contributed by atoms with E-state index < -0.39 is 0 Å². The lowest BCUT2D eigenvalue weighted by atomic mass is 10.0. The molecule has 30 heavy (non-hydrogen) atoms. The summed E-state index contributed by atoms with van der Waals surface area (Å²) in [6.45, 7) is 8.33. The van der Waals surface area contributed by atoms with Crippen molar-refractivity contribution in [3.05, 3.63) is 42.6 Å². The van der Waals surface area contributed by atoms with Crippen molar-refractivity contribution < 1.29 is 9.47 Å². The average Bonchev–Trinajstić information content (AvgIpc) is 2.78. The molecular weight excluding hydrogens is 370 g/mol. The molecule has 0 fully saturated rings. The van der Waals surface area contributed by atoms with Crippen LogP contribution in [-0.2, 0) is 0 Å². The van der Waals surface area contributed by atoms with Gasteiger partial charge in [0.1, 0.15) is 11.5 Å². The van der Waals surface area contributed by atoms with Crippen molar-refractivity contribution in [2.45, 2.75) is 85.0 Å². The van der Waals surface area contributed by atoms with Gasteiger partial charge in [-0.1, -0.05) is 72.1 Å². The Bertz CT molecular complexity index is 666. The Balaban J connectivity index is 1.72. The van der Waals surface area contributed by atoms with Crippen molar-refractivity contribution in [3.63, 3.8) is 0 Å². The number of hydrogen-bond acceptors (Lipinski definition) is 3. The van der Waals surface area contributed by atoms with E-state index in [1.54, 1.807) is 0 Å². The third-order valence-electron chi connectivity index (χ3n) is 5.49. The molecule has 1 aromatic heterocycles. The van der Waals surface area contributed by atoms with Crippen LogP contribution < -0.4 is 9.47 Å². The van der Waals surface area contributed by atoms with E-state index in [2.05, 4.69) is 37.9 Å². The molecular formula is C27H41NO2. The molecule has 0 bridgehead atoms. The first-order valence-corrected chi connectivity index (χ1v) is 12.0. The first-order valence-electron chi connectivity index (χ1n) is 12.0. The molecule has 3 heteroatoms. The van der Waals surface area contributed by atoms with E-state index in [-0.39, 0.29) is 0 Å². The lowest BCUT2D eigenvalue weighted by Gasteiger charge is -2.13. The van der Waals surface area contributed by atoms with Gasteiger partial charge < -0.3 is 9.47 Å². The maximum absolute atomic E-state index is 5.97. The number of aromatic nitrogens is 1. The fourth-order valence-electron chi connectivity index (χ4n) is 3.50. The molecule has 0 spiro atoms. The number of pyridine rings is 1. The Morgan fingerprint density at radius 1 is 0.733 bits per heavy atom. The van der Waals surface area contributed by atoms with E-state index in [4.69, 9.17) is 9.47 Å². The second-order valence-corrected chi connectivity index (χ2v) is 8.43. The summed E-state index contributed by atoms with van der Waals surface area (Å²) in [5, 5.41) is 0. The molecule has 1 aromatic carbocycles. The van der Waals surface area contributed by atoms with Crippen molar-refractivity contribution in [2.75, 3.05) is 13.2 Å². The summed E-state index contributed by atoms with van der Waals surface area (Å²) in [5.41, 5.74) is 2.06. The topological polar surface area (TPSA) is 31.4 Å². The molecule has 0 aliphatic heterocycles. The minimum absolute atomic E-state index is 0.599. The van der Waals surface area contributed by atoms with Crippen molar-refractivity contribution in [2.24, 2.45) is 5.92 Å². The highest BCUT2D eigenvalue weighted by atomic mass is 16.5. The summed E-state index contributed by atoms with van der Waals surface area (Å²) in [6.07, 6.45) is 14.6. The van der Waals surface area contributed by atoms with Gasteiger partial charge in [0.05, 0.1) is 25.1 Å². The highest BCUT2D eigenvalue weighted by molar-refractivity contribution is 5.60. The van der Waals surface area contributed by atoms with Crippen LogP contribution in [0.15, 0.2) is 42.6 Å². The Kier molecular flexibility index (Phi) is 12.0. The number of hydrogen-bond donors (Lipinski definition) is 0. The predicted octanol–water partition coefficient (Wildman–Crippen LogP) is 8.08. The molecule has 1 atom stereocenters. The van der Waals surface area contributed by atoms with Crippen molar-refractivity contribution in [3.8, 4) is 22.8 Å². The third kappa shape index (κ3) is 9.65. The van der Waals surface area contributed by atoms with E-state index in [9.17, 15) is 0 Å². The van der Waals surface area contributed by atoms with Crippen LogP contribution in [0.4, 0.5) is 0 Å². The Hall–Kier alpha value is -2.03. The fourth-order valence-corrected chi connectivity index (χ4v) is 3.50. The van der Waals surface area contributed by atoms with Gasteiger partial charge in [0.2, 0.25) is 0 Å². The molecule has 1 unspecified atom stereocenters. The van der Waals surface area contributed by atoms with E-state index >= 15 is 0 Å². The third-order valence-corrected chi connectivity index (χ3v) is 5.49. The highest BCUT2D eigenvalue weighted by Crippen LogP contribution is 2.23. The van der Waals surface area contributed by atoms with Gasteiger partial charge in [-0.3, -0.25) is 4.98 Å². The molecule has 1 heterocycles. The molecule has 0 radical (unpaired) electrons. The number of benzene rings is 1. The summed E-state index contributed by atoms with van der Waals surface area (Å²) < 4.78 is 11.8. The Morgan fingerprint density at radius 3 is 2.07 bits per heavy atom. The molecule has 0 amide bonds. The Morgan fingerprint density at radius 2 is 1.40 bits per heavy atom. The van der Waals surface area contributed by atoms with Gasteiger partial charge in [-0.25, -0.2) is 0 Å². The summed E-state index contributed by atoms with van der Waals surface area (Å²) in [4.78, 5) is 4.56. The van der Waals surface area contributed by atoms with Crippen LogP contribution in [0.1, 0.15) is 85.0 Å². The van der Waals surface area contributed by atoms with Crippen molar-refractivity contribution in [1.82, 2.24) is 4.98 Å². The number of ether oxygens (including phenoxy) is 2. The summed E-state index contributed by atoms with van der Waals surface area (Å²) >= 11 is 0. The second-order valence-electron chi connectivity index (χ2n) is 8.43. The normalized spacial score (nSPS) is 12.0. The van der Waals surface area contributed by atoms with Crippen LogP contribution in [0.2, 0.25) is 0 Å². The number of unbranched alkanes of at least 4 members (excludes halogenated alkanes) is 7. The average molecular weight is 412 g/mol. The Labute approximate surface area is 184 Å². The molecule has 0 saturated carbocycles. The van der Waals surface area contributed by atoms with Gasteiger partial charge in [0, 0.05) is 5.56 Å². The summed E-state index contributed by atoms with van der Waals surface area (Å²) in [7, 11) is 0. The van der Waals surface area contributed by atoms with Gasteiger partial charge in [0.15, 0.2) is 0 Å². The van der Waals surface area contributed by atoms with Crippen LogP contribution in [-0.4, -0.2) is 18.2 Å². The van der Waals surface area contributed by atoms with E-state index in [1.807, 2.05) is 30.5 Å². The summed E-state index contributed by atoms with van der Waals surface area (Å²) in [5.74, 6) is 2.38. The van der Waals surface area contributed by atoms with Gasteiger partial charge in [-0.2, -0.15) is 0 Å². The molecule has 0 aliphatic rings. The van der Waals surface area contributed by atoms with E-state index in [1.165, 1.54) is 57.8 Å². The van der Waals surface area contributed by atoms with Crippen molar-refractivity contribution in [1.29, 1.82) is 0 Å². The molecule has 0 aliphatic carbocycles. The van der Waals surface area contributed by atoms with Crippen LogP contribution in [0.5, 0.6) is 11.5 Å². The first-order chi connectivity index (χ1) is 14.7. The van der Waals surface area contributed by atoms with Gasteiger partial charge in [-0.15, -0.1) is 0 Å². The van der Waals surface area contributed by atoms with Crippen LogP contribution in [0, 0.1) is 5.92 Å². The van der Waals surface area contributed by atoms with E-state index in [0.717, 1.165) is 42.4 Å².